The molecule has 9 heavy (non-hydrogen) atoms. The van der Waals surface area contributed by atoms with Crippen LogP contribution in [0.2, 0.25) is 0 Å². The first kappa shape index (κ1) is 7.42. The molecule has 2 heteroatoms. The van der Waals surface area contributed by atoms with Crippen molar-refractivity contribution in [1.29, 1.82) is 0 Å². The molecule has 2 N–H and O–H groups in total. The Kier molecular flexibility index (Phi) is 2.42. The molecule has 1 fully saturated rings. The predicted octanol–water partition coefficient (Wildman–Crippen LogP) is 1.48. The molecule has 1 saturated heterocycles. The molecule has 0 aromatic heterocycles. The van der Waals surface area contributed by atoms with Gasteiger partial charge in [-0.1, -0.05) is 13.8 Å². The summed E-state index contributed by atoms with van der Waals surface area (Å²) in [6, 6.07) is 0.459. The molecule has 1 aliphatic rings. The number of thioether (sulfide) groups is 1. The Morgan fingerprint density at radius 3 is 2.56 bits per heavy atom. The van der Waals surface area contributed by atoms with Gasteiger partial charge in [0, 0.05) is 17.0 Å². The van der Waals surface area contributed by atoms with Gasteiger partial charge in [0.15, 0.2) is 0 Å². The summed E-state index contributed by atoms with van der Waals surface area (Å²) in [6.45, 7) is 4.58. The minimum atomic E-state index is 0.459. The Labute approximate surface area is 61.4 Å². The smallest absolute Gasteiger partial charge is 0.0133 e. The largest absolute Gasteiger partial charge is 0.327 e. The maximum atomic E-state index is 5.77. The number of rotatable bonds is 0. The molecule has 0 aliphatic carbocycles. The second-order valence-corrected chi connectivity index (χ2v) is 4.42. The van der Waals surface area contributed by atoms with E-state index in [2.05, 4.69) is 13.8 Å². The molecule has 0 aromatic rings. The van der Waals surface area contributed by atoms with Crippen molar-refractivity contribution >= 4 is 11.8 Å². The first-order valence-corrected chi connectivity index (χ1v) is 4.62. The second kappa shape index (κ2) is 2.93. The average Bonchev–Trinajstić information content (AvgIpc) is 1.80. The first-order valence-electron chi connectivity index (χ1n) is 3.57. The van der Waals surface area contributed by atoms with Gasteiger partial charge in [0.1, 0.15) is 0 Å². The van der Waals surface area contributed by atoms with Crippen LogP contribution in [0.4, 0.5) is 0 Å². The van der Waals surface area contributed by atoms with Crippen LogP contribution >= 0.6 is 11.8 Å². The van der Waals surface area contributed by atoms with Crippen LogP contribution in [-0.4, -0.2) is 17.0 Å². The fourth-order valence-corrected chi connectivity index (χ4v) is 2.30. The Hall–Kier alpha value is 0.310. The van der Waals surface area contributed by atoms with Gasteiger partial charge >= 0.3 is 0 Å². The normalized spacial score (nSPS) is 45.0. The molecular weight excluding hydrogens is 130 g/mol. The molecular formula is C7H15NS. The van der Waals surface area contributed by atoms with Crippen molar-refractivity contribution in [3.63, 3.8) is 0 Å². The molecule has 0 amide bonds. The Bertz CT molecular complexity index is 94.9. The van der Waals surface area contributed by atoms with Crippen molar-refractivity contribution in [2.75, 3.05) is 5.75 Å². The molecule has 1 heterocycles. The van der Waals surface area contributed by atoms with Crippen LogP contribution in [0.1, 0.15) is 20.3 Å². The van der Waals surface area contributed by atoms with Gasteiger partial charge in [0.25, 0.3) is 0 Å². The molecule has 3 unspecified atom stereocenters. The summed E-state index contributed by atoms with van der Waals surface area (Å²) in [5.74, 6) is 1.98. The van der Waals surface area contributed by atoms with Crippen molar-refractivity contribution in [3.8, 4) is 0 Å². The predicted molar refractivity (Wildman–Crippen MR) is 43.7 cm³/mol. The van der Waals surface area contributed by atoms with Crippen LogP contribution in [0.5, 0.6) is 0 Å². The van der Waals surface area contributed by atoms with Gasteiger partial charge in [0.05, 0.1) is 0 Å². The van der Waals surface area contributed by atoms with Gasteiger partial charge in [-0.3, -0.25) is 0 Å². The van der Waals surface area contributed by atoms with Crippen molar-refractivity contribution in [2.45, 2.75) is 31.6 Å². The van der Waals surface area contributed by atoms with Crippen molar-refractivity contribution in [3.05, 3.63) is 0 Å². The van der Waals surface area contributed by atoms with E-state index in [-0.39, 0.29) is 0 Å². The van der Waals surface area contributed by atoms with Gasteiger partial charge in [-0.2, -0.15) is 11.8 Å². The maximum absolute atomic E-state index is 5.77. The summed E-state index contributed by atoms with van der Waals surface area (Å²) in [7, 11) is 0. The Morgan fingerprint density at radius 1 is 1.44 bits per heavy atom. The molecule has 0 bridgehead atoms. The molecule has 1 nitrogen and oxygen atoms in total. The highest BCUT2D eigenvalue weighted by Gasteiger charge is 2.21. The van der Waals surface area contributed by atoms with E-state index in [1.54, 1.807) is 0 Å². The monoisotopic (exact) mass is 145 g/mol. The zero-order valence-corrected chi connectivity index (χ0v) is 6.95. The maximum Gasteiger partial charge on any atom is 0.0133 e. The van der Waals surface area contributed by atoms with Gasteiger partial charge in [0.2, 0.25) is 0 Å². The lowest BCUT2D eigenvalue weighted by Gasteiger charge is -2.29. The van der Waals surface area contributed by atoms with Crippen LogP contribution in [0.3, 0.4) is 0 Å². The third kappa shape index (κ3) is 1.87. The van der Waals surface area contributed by atoms with Crippen LogP contribution in [0, 0.1) is 5.92 Å². The van der Waals surface area contributed by atoms with Crippen LogP contribution in [0.15, 0.2) is 0 Å². The fraction of sp³-hybridized carbons (Fsp3) is 1.00. The summed E-state index contributed by atoms with van der Waals surface area (Å²) >= 11 is 2.01. The summed E-state index contributed by atoms with van der Waals surface area (Å²) in [5.41, 5.74) is 5.77. The van der Waals surface area contributed by atoms with Gasteiger partial charge in [-0.25, -0.2) is 0 Å². The lowest BCUT2D eigenvalue weighted by atomic mass is 10.00. The van der Waals surface area contributed by atoms with E-state index in [0.29, 0.717) is 6.04 Å². The molecule has 1 aliphatic heterocycles. The Morgan fingerprint density at radius 2 is 2.11 bits per heavy atom. The summed E-state index contributed by atoms with van der Waals surface area (Å²) in [6.07, 6.45) is 1.22. The zero-order valence-electron chi connectivity index (χ0n) is 6.13. The topological polar surface area (TPSA) is 26.0 Å². The Balaban J connectivity index is 2.35. The number of nitrogens with two attached hydrogens (primary N) is 1. The summed E-state index contributed by atoms with van der Waals surface area (Å²) < 4.78 is 0. The number of hydrogen-bond acceptors (Lipinski definition) is 2. The second-order valence-electron chi connectivity index (χ2n) is 3.01. The van der Waals surface area contributed by atoms with Gasteiger partial charge in [-0.15, -0.1) is 0 Å². The van der Waals surface area contributed by atoms with E-state index in [1.165, 1.54) is 6.42 Å². The van der Waals surface area contributed by atoms with Gasteiger partial charge < -0.3 is 5.73 Å². The molecule has 3 atom stereocenters. The molecule has 54 valence electrons. The minimum absolute atomic E-state index is 0.459. The summed E-state index contributed by atoms with van der Waals surface area (Å²) in [4.78, 5) is 0. The summed E-state index contributed by atoms with van der Waals surface area (Å²) in [5, 5.41) is 0.824. The quantitative estimate of drug-likeness (QED) is 0.558. The molecule has 0 aromatic carbocycles. The number of hydrogen-bond donors (Lipinski definition) is 1. The average molecular weight is 145 g/mol. The van der Waals surface area contributed by atoms with E-state index in [1.807, 2.05) is 11.8 Å². The lowest BCUT2D eigenvalue weighted by molar-refractivity contribution is 0.465. The SMILES string of the molecule is CC1CC(N)CSC1C. The van der Waals surface area contributed by atoms with E-state index in [4.69, 9.17) is 5.73 Å². The molecule has 0 radical (unpaired) electrons. The molecule has 0 spiro atoms. The highest BCUT2D eigenvalue weighted by molar-refractivity contribution is 8.00. The van der Waals surface area contributed by atoms with Crippen molar-refractivity contribution < 1.29 is 0 Å². The van der Waals surface area contributed by atoms with Gasteiger partial charge in [-0.05, 0) is 12.3 Å². The first-order chi connectivity index (χ1) is 4.20. The van der Waals surface area contributed by atoms with E-state index >= 15 is 0 Å². The van der Waals surface area contributed by atoms with E-state index < -0.39 is 0 Å². The molecule has 1 rings (SSSR count). The highest BCUT2D eigenvalue weighted by atomic mass is 32.2. The minimum Gasteiger partial charge on any atom is -0.327 e. The van der Waals surface area contributed by atoms with E-state index in [9.17, 15) is 0 Å². The standard InChI is InChI=1S/C7H15NS/c1-5-3-7(8)4-9-6(5)2/h5-7H,3-4,8H2,1-2H3. The lowest BCUT2D eigenvalue weighted by Crippen LogP contribution is -2.33. The molecule has 0 saturated carbocycles. The van der Waals surface area contributed by atoms with Crippen LogP contribution in [0.25, 0.3) is 0 Å². The van der Waals surface area contributed by atoms with E-state index in [0.717, 1.165) is 16.9 Å². The van der Waals surface area contributed by atoms with Crippen LogP contribution < -0.4 is 5.73 Å². The third-order valence-electron chi connectivity index (χ3n) is 2.05. The third-order valence-corrected chi connectivity index (χ3v) is 3.66. The van der Waals surface area contributed by atoms with Crippen LogP contribution in [-0.2, 0) is 0 Å². The fourth-order valence-electron chi connectivity index (χ4n) is 1.18. The highest BCUT2D eigenvalue weighted by Crippen LogP contribution is 2.28. The zero-order chi connectivity index (χ0) is 6.85. The van der Waals surface area contributed by atoms with Crippen molar-refractivity contribution in [2.24, 2.45) is 11.7 Å². The van der Waals surface area contributed by atoms with Crippen molar-refractivity contribution in [1.82, 2.24) is 0 Å².